The highest BCUT2D eigenvalue weighted by molar-refractivity contribution is 7.99. The monoisotopic (exact) mass is 247 g/mol. The molecule has 0 N–H and O–H groups in total. The van der Waals surface area contributed by atoms with Crippen LogP contribution in [0.15, 0.2) is 24.3 Å². The number of Topliss-reactive ketones (excluding diaryl/α,β-unsaturated/α-hetero) is 1. The van der Waals surface area contributed by atoms with Crippen molar-refractivity contribution in [1.29, 1.82) is 0 Å². The van der Waals surface area contributed by atoms with E-state index in [1.165, 1.54) is 29.9 Å². The number of hydrogen-bond acceptors (Lipinski definition) is 1. The van der Waals surface area contributed by atoms with Crippen LogP contribution in [-0.2, 0) is 17.3 Å². The number of fused-ring (bicyclic) bond motifs is 1. The molecule has 17 heavy (non-hydrogen) atoms. The summed E-state index contributed by atoms with van der Waals surface area (Å²) in [4.78, 5) is 12.7. The van der Waals surface area contributed by atoms with Crippen LogP contribution in [0.2, 0.25) is 0 Å². The van der Waals surface area contributed by atoms with E-state index in [-0.39, 0.29) is 4.75 Å². The molecule has 1 saturated heterocycles. The second-order valence-electron chi connectivity index (χ2n) is 5.33. The van der Waals surface area contributed by atoms with Gasteiger partial charge < -0.3 is 0 Å². The van der Waals surface area contributed by atoms with Gasteiger partial charge in [0.2, 0.25) is 5.78 Å². The summed E-state index contributed by atoms with van der Waals surface area (Å²) in [5.41, 5.74) is 2.26. The van der Waals surface area contributed by atoms with Crippen LogP contribution in [-0.4, -0.2) is 22.0 Å². The minimum absolute atomic E-state index is 0.0507. The van der Waals surface area contributed by atoms with Crippen LogP contribution in [0.5, 0.6) is 0 Å². The van der Waals surface area contributed by atoms with E-state index in [2.05, 4.69) is 13.0 Å². The first kappa shape index (κ1) is 11.3. The van der Waals surface area contributed by atoms with Crippen LogP contribution in [0, 0.1) is 0 Å². The molecule has 1 heterocycles. The first-order valence-corrected chi connectivity index (χ1v) is 8.08. The van der Waals surface area contributed by atoms with Gasteiger partial charge in [0.1, 0.15) is 11.5 Å². The second-order valence-corrected chi connectivity index (χ2v) is 8.03. The quantitative estimate of drug-likeness (QED) is 0.697. The molecule has 1 unspecified atom stereocenters. The maximum absolute atomic E-state index is 12.7. The van der Waals surface area contributed by atoms with Crippen molar-refractivity contribution in [2.24, 2.45) is 0 Å². The van der Waals surface area contributed by atoms with Crippen molar-refractivity contribution in [1.82, 2.24) is 0 Å². The first-order chi connectivity index (χ1) is 8.22. The maximum Gasteiger partial charge on any atom is 0.217 e. The van der Waals surface area contributed by atoms with Gasteiger partial charge in [-0.05, 0) is 31.7 Å². The van der Waals surface area contributed by atoms with Gasteiger partial charge in [-0.3, -0.25) is 4.79 Å². The van der Waals surface area contributed by atoms with Gasteiger partial charge in [-0.1, -0.05) is 24.3 Å². The van der Waals surface area contributed by atoms with Gasteiger partial charge in [0, 0.05) is 22.9 Å². The third-order valence-corrected chi connectivity index (χ3v) is 7.51. The lowest BCUT2D eigenvalue weighted by atomic mass is 9.83. The molecule has 1 fully saturated rings. The Hall–Kier alpha value is -0.760. The van der Waals surface area contributed by atoms with Gasteiger partial charge in [0.15, 0.2) is 4.75 Å². The number of carbonyl (C=O) groups excluding carboxylic acids is 1. The largest absolute Gasteiger partial charge is 0.288 e. The minimum atomic E-state index is -0.0507. The Morgan fingerprint density at radius 2 is 1.88 bits per heavy atom. The van der Waals surface area contributed by atoms with Crippen molar-refractivity contribution in [3.05, 3.63) is 35.4 Å². The molecule has 0 saturated carbocycles. The number of carbonyl (C=O) groups is 1. The summed E-state index contributed by atoms with van der Waals surface area (Å²) in [6, 6.07) is 8.19. The maximum atomic E-state index is 12.7. The lowest BCUT2D eigenvalue weighted by Gasteiger charge is -2.31. The van der Waals surface area contributed by atoms with Gasteiger partial charge in [0.25, 0.3) is 0 Å². The van der Waals surface area contributed by atoms with Crippen LogP contribution < -0.4 is 0 Å². The Morgan fingerprint density at radius 3 is 2.65 bits per heavy atom. The number of ketones is 1. The Bertz CT molecular complexity index is 448. The Kier molecular flexibility index (Phi) is 2.78. The zero-order valence-corrected chi connectivity index (χ0v) is 11.2. The molecule has 2 aliphatic rings. The highest BCUT2D eigenvalue weighted by Gasteiger charge is 2.52. The van der Waals surface area contributed by atoms with Crippen molar-refractivity contribution < 1.29 is 4.79 Å². The molecular formula is C15H19OS+. The van der Waals surface area contributed by atoms with Gasteiger partial charge >= 0.3 is 0 Å². The van der Waals surface area contributed by atoms with Gasteiger partial charge in [-0.2, -0.15) is 0 Å². The number of rotatable bonds is 1. The minimum Gasteiger partial charge on any atom is -0.288 e. The third kappa shape index (κ3) is 1.74. The summed E-state index contributed by atoms with van der Waals surface area (Å²) in [5.74, 6) is 2.99. The van der Waals surface area contributed by atoms with Crippen molar-refractivity contribution in [3.8, 4) is 0 Å². The first-order valence-electron chi connectivity index (χ1n) is 6.52. The van der Waals surface area contributed by atoms with E-state index >= 15 is 0 Å². The molecule has 3 rings (SSSR count). The van der Waals surface area contributed by atoms with E-state index in [4.69, 9.17) is 0 Å². The predicted molar refractivity (Wildman–Crippen MR) is 73.8 cm³/mol. The molecule has 0 spiro atoms. The number of benzene rings is 1. The summed E-state index contributed by atoms with van der Waals surface area (Å²) in [7, 11) is 0.334. The van der Waals surface area contributed by atoms with Crippen LogP contribution in [0.3, 0.4) is 0 Å². The van der Waals surface area contributed by atoms with Crippen LogP contribution >= 0.6 is 0 Å². The average Bonchev–Trinajstić information content (AvgIpc) is 2.89. The molecule has 0 aromatic heterocycles. The summed E-state index contributed by atoms with van der Waals surface area (Å²) >= 11 is 0. The highest BCUT2D eigenvalue weighted by Crippen LogP contribution is 2.38. The summed E-state index contributed by atoms with van der Waals surface area (Å²) < 4.78 is -0.0507. The SMILES string of the molecule is CC1([S+]2CCCC2)CCc2ccccc2C1=O. The van der Waals surface area contributed by atoms with E-state index < -0.39 is 0 Å². The Labute approximate surface area is 106 Å². The summed E-state index contributed by atoms with van der Waals surface area (Å²) in [6.07, 6.45) is 4.80. The highest BCUT2D eigenvalue weighted by atomic mass is 32.2. The van der Waals surface area contributed by atoms with Crippen molar-refractivity contribution in [3.63, 3.8) is 0 Å². The lowest BCUT2D eigenvalue weighted by Crippen LogP contribution is -2.47. The van der Waals surface area contributed by atoms with E-state index in [1.807, 2.05) is 18.2 Å². The van der Waals surface area contributed by atoms with E-state index in [0.29, 0.717) is 16.7 Å². The van der Waals surface area contributed by atoms with Gasteiger partial charge in [0.05, 0.1) is 0 Å². The standard InChI is InChI=1S/C15H19OS/c1-15(17-10-4-5-11-17)9-8-12-6-2-3-7-13(12)14(15)16/h2-3,6-7H,4-5,8-11H2,1H3/q+1. The predicted octanol–water partition coefficient (Wildman–Crippen LogP) is 2.99. The van der Waals surface area contributed by atoms with Crippen molar-refractivity contribution in [2.45, 2.75) is 37.4 Å². The molecule has 0 bridgehead atoms. The van der Waals surface area contributed by atoms with Gasteiger partial charge in [-0.25, -0.2) is 0 Å². The van der Waals surface area contributed by atoms with Crippen LogP contribution in [0.25, 0.3) is 0 Å². The van der Waals surface area contributed by atoms with Crippen LogP contribution in [0.1, 0.15) is 42.1 Å². The fourth-order valence-electron chi connectivity index (χ4n) is 3.11. The zero-order chi connectivity index (χ0) is 11.9. The lowest BCUT2D eigenvalue weighted by molar-refractivity contribution is 0.0935. The Morgan fingerprint density at radius 1 is 1.18 bits per heavy atom. The Balaban J connectivity index is 1.98. The summed E-state index contributed by atoms with van der Waals surface area (Å²) in [6.45, 7) is 2.22. The molecule has 1 nitrogen and oxygen atoms in total. The smallest absolute Gasteiger partial charge is 0.217 e. The number of hydrogen-bond donors (Lipinski definition) is 0. The third-order valence-electron chi connectivity index (χ3n) is 4.28. The molecule has 2 heteroatoms. The van der Waals surface area contributed by atoms with Gasteiger partial charge in [-0.15, -0.1) is 0 Å². The van der Waals surface area contributed by atoms with E-state index in [9.17, 15) is 4.79 Å². The molecular weight excluding hydrogens is 228 g/mol. The van der Waals surface area contributed by atoms with Crippen LogP contribution in [0.4, 0.5) is 0 Å². The fourth-order valence-corrected chi connectivity index (χ4v) is 6.09. The molecule has 0 amide bonds. The number of aryl methyl sites for hydroxylation is 1. The molecule has 1 aromatic carbocycles. The molecule has 90 valence electrons. The fraction of sp³-hybridized carbons (Fsp3) is 0.533. The van der Waals surface area contributed by atoms with E-state index in [1.54, 1.807) is 0 Å². The molecule has 1 aliphatic heterocycles. The van der Waals surface area contributed by atoms with Crippen molar-refractivity contribution >= 4 is 16.7 Å². The van der Waals surface area contributed by atoms with Crippen molar-refractivity contribution in [2.75, 3.05) is 11.5 Å². The second kappa shape index (κ2) is 4.16. The average molecular weight is 247 g/mol. The molecule has 1 atom stereocenters. The zero-order valence-electron chi connectivity index (χ0n) is 10.4. The normalized spacial score (nSPS) is 29.4. The molecule has 1 aromatic rings. The molecule has 1 aliphatic carbocycles. The van der Waals surface area contributed by atoms with E-state index in [0.717, 1.165) is 18.4 Å². The molecule has 0 radical (unpaired) electrons. The topological polar surface area (TPSA) is 17.1 Å². The summed E-state index contributed by atoms with van der Waals surface area (Å²) in [5, 5.41) is 0.